The highest BCUT2D eigenvalue weighted by atomic mass is 16.6. The van der Waals surface area contributed by atoms with Gasteiger partial charge in [-0.05, 0) is 33.3 Å². The molecule has 0 aliphatic carbocycles. The summed E-state index contributed by atoms with van der Waals surface area (Å²) in [6.45, 7) is 10.0. The smallest absolute Gasteiger partial charge is 0.410 e. The maximum Gasteiger partial charge on any atom is 0.410 e. The molecule has 0 bridgehead atoms. The fourth-order valence-electron chi connectivity index (χ4n) is 2.42. The molecule has 1 aromatic rings. The van der Waals surface area contributed by atoms with Crippen molar-refractivity contribution in [1.82, 2.24) is 10.2 Å². The zero-order valence-electron chi connectivity index (χ0n) is 12.8. The van der Waals surface area contributed by atoms with Crippen LogP contribution < -0.4 is 5.32 Å². The van der Waals surface area contributed by atoms with E-state index in [9.17, 15) is 4.79 Å². The predicted molar refractivity (Wildman–Crippen MR) is 79.7 cm³/mol. The van der Waals surface area contributed by atoms with Crippen molar-refractivity contribution in [2.24, 2.45) is 0 Å². The van der Waals surface area contributed by atoms with Crippen LogP contribution in [0.15, 0.2) is 24.3 Å². The van der Waals surface area contributed by atoms with Gasteiger partial charge in [-0.3, -0.25) is 4.90 Å². The number of amides is 1. The minimum absolute atomic E-state index is 0.0403. The zero-order valence-corrected chi connectivity index (χ0v) is 12.8. The van der Waals surface area contributed by atoms with Crippen LogP contribution in [0.4, 0.5) is 4.79 Å². The molecule has 110 valence electrons. The van der Waals surface area contributed by atoms with E-state index < -0.39 is 5.60 Å². The zero-order chi connectivity index (χ0) is 14.8. The third-order valence-electron chi connectivity index (χ3n) is 3.30. The molecule has 1 amide bonds. The van der Waals surface area contributed by atoms with E-state index in [1.165, 1.54) is 5.56 Å². The fraction of sp³-hybridized carbons (Fsp3) is 0.562. The molecule has 0 spiro atoms. The van der Waals surface area contributed by atoms with E-state index in [1.54, 1.807) is 0 Å². The SMILES string of the molecule is Cc1cccc([C@H]2CNCCN2C(=O)OC(C)(C)C)c1. The van der Waals surface area contributed by atoms with Crippen molar-refractivity contribution in [3.63, 3.8) is 0 Å². The molecule has 1 saturated heterocycles. The number of ether oxygens (including phenoxy) is 1. The van der Waals surface area contributed by atoms with Gasteiger partial charge in [0.25, 0.3) is 0 Å². The second-order valence-corrected chi connectivity index (χ2v) is 6.31. The first kappa shape index (κ1) is 14.9. The van der Waals surface area contributed by atoms with Crippen LogP contribution in [0.3, 0.4) is 0 Å². The first-order valence-corrected chi connectivity index (χ1v) is 7.14. The molecular formula is C16H24N2O2. The monoisotopic (exact) mass is 276 g/mol. The van der Waals surface area contributed by atoms with Crippen LogP contribution in [-0.4, -0.2) is 36.2 Å². The van der Waals surface area contributed by atoms with E-state index in [-0.39, 0.29) is 12.1 Å². The average Bonchev–Trinajstić information content (AvgIpc) is 2.37. The molecule has 1 heterocycles. The lowest BCUT2D eigenvalue weighted by molar-refractivity contribution is 0.0118. The standard InChI is InChI=1S/C16H24N2O2/c1-12-6-5-7-13(10-12)14-11-17-8-9-18(14)15(19)20-16(2,3)4/h5-7,10,14,17H,8-9,11H2,1-4H3/t14-/m1/s1. The summed E-state index contributed by atoms with van der Waals surface area (Å²) in [5, 5.41) is 3.35. The Morgan fingerprint density at radius 2 is 2.15 bits per heavy atom. The molecule has 1 fully saturated rings. The Morgan fingerprint density at radius 1 is 1.40 bits per heavy atom. The lowest BCUT2D eigenvalue weighted by Crippen LogP contribution is -2.50. The third kappa shape index (κ3) is 3.73. The summed E-state index contributed by atoms with van der Waals surface area (Å²) in [5.41, 5.74) is 1.90. The largest absolute Gasteiger partial charge is 0.444 e. The van der Waals surface area contributed by atoms with Crippen LogP contribution >= 0.6 is 0 Å². The van der Waals surface area contributed by atoms with E-state index >= 15 is 0 Å². The molecule has 20 heavy (non-hydrogen) atoms. The van der Waals surface area contributed by atoms with Gasteiger partial charge in [0.15, 0.2) is 0 Å². The summed E-state index contributed by atoms with van der Waals surface area (Å²) in [7, 11) is 0. The van der Waals surface area contributed by atoms with Crippen molar-refractivity contribution in [2.45, 2.75) is 39.3 Å². The number of aryl methyl sites for hydroxylation is 1. The number of nitrogens with zero attached hydrogens (tertiary/aromatic N) is 1. The molecule has 4 heteroatoms. The molecule has 0 saturated carbocycles. The van der Waals surface area contributed by atoms with Crippen molar-refractivity contribution in [3.05, 3.63) is 35.4 Å². The highest BCUT2D eigenvalue weighted by Gasteiger charge is 2.31. The second-order valence-electron chi connectivity index (χ2n) is 6.31. The van der Waals surface area contributed by atoms with Gasteiger partial charge in [-0.15, -0.1) is 0 Å². The highest BCUT2D eigenvalue weighted by molar-refractivity contribution is 5.69. The minimum atomic E-state index is -0.459. The number of hydrogen-bond donors (Lipinski definition) is 1. The summed E-state index contributed by atoms with van der Waals surface area (Å²) in [6, 6.07) is 8.35. The maximum absolute atomic E-state index is 12.4. The van der Waals surface area contributed by atoms with Gasteiger partial charge in [0.05, 0.1) is 6.04 Å². The van der Waals surface area contributed by atoms with E-state index in [2.05, 4.69) is 30.4 Å². The van der Waals surface area contributed by atoms with Crippen LogP contribution in [0.2, 0.25) is 0 Å². The summed E-state index contributed by atoms with van der Waals surface area (Å²) in [5.74, 6) is 0. The molecule has 0 radical (unpaired) electrons. The summed E-state index contributed by atoms with van der Waals surface area (Å²) in [6.07, 6.45) is -0.231. The van der Waals surface area contributed by atoms with Crippen molar-refractivity contribution in [1.29, 1.82) is 0 Å². The van der Waals surface area contributed by atoms with Gasteiger partial charge in [0, 0.05) is 19.6 Å². The average molecular weight is 276 g/mol. The third-order valence-corrected chi connectivity index (χ3v) is 3.30. The molecule has 1 aliphatic heterocycles. The number of carbonyl (C=O) groups excluding carboxylic acids is 1. The number of benzene rings is 1. The summed E-state index contributed by atoms with van der Waals surface area (Å²) >= 11 is 0. The summed E-state index contributed by atoms with van der Waals surface area (Å²) in [4.78, 5) is 14.2. The van der Waals surface area contributed by atoms with Gasteiger partial charge < -0.3 is 10.1 Å². The van der Waals surface area contributed by atoms with Gasteiger partial charge in [0.2, 0.25) is 0 Å². The van der Waals surface area contributed by atoms with E-state index in [4.69, 9.17) is 4.74 Å². The van der Waals surface area contributed by atoms with Crippen molar-refractivity contribution < 1.29 is 9.53 Å². The second kappa shape index (κ2) is 5.83. The summed E-state index contributed by atoms with van der Waals surface area (Å²) < 4.78 is 5.52. The molecule has 1 aromatic carbocycles. The van der Waals surface area contributed by atoms with Crippen LogP contribution in [0.5, 0.6) is 0 Å². The molecule has 1 aliphatic rings. The van der Waals surface area contributed by atoms with Crippen molar-refractivity contribution in [3.8, 4) is 0 Å². The molecule has 1 N–H and O–H groups in total. The van der Waals surface area contributed by atoms with Crippen LogP contribution in [0.1, 0.15) is 37.9 Å². The predicted octanol–water partition coefficient (Wildman–Crippen LogP) is 2.88. The highest BCUT2D eigenvalue weighted by Crippen LogP contribution is 2.25. The molecule has 2 rings (SSSR count). The number of hydrogen-bond acceptors (Lipinski definition) is 3. The minimum Gasteiger partial charge on any atom is -0.444 e. The molecule has 0 unspecified atom stereocenters. The number of nitrogens with one attached hydrogen (secondary N) is 1. The van der Waals surface area contributed by atoms with Gasteiger partial charge in [-0.1, -0.05) is 29.8 Å². The van der Waals surface area contributed by atoms with Crippen LogP contribution in [0.25, 0.3) is 0 Å². The Balaban J connectivity index is 2.19. The van der Waals surface area contributed by atoms with Crippen molar-refractivity contribution >= 4 is 6.09 Å². The Kier molecular flexibility index (Phi) is 4.33. The lowest BCUT2D eigenvalue weighted by Gasteiger charge is -2.37. The van der Waals surface area contributed by atoms with E-state index in [1.807, 2.05) is 31.7 Å². The topological polar surface area (TPSA) is 41.6 Å². The Labute approximate surface area is 121 Å². The normalized spacial score (nSPS) is 19.8. The van der Waals surface area contributed by atoms with Gasteiger partial charge >= 0.3 is 6.09 Å². The number of carbonyl (C=O) groups is 1. The molecule has 4 nitrogen and oxygen atoms in total. The molecular weight excluding hydrogens is 252 g/mol. The van der Waals surface area contributed by atoms with Gasteiger partial charge in [-0.25, -0.2) is 4.79 Å². The Morgan fingerprint density at radius 3 is 2.80 bits per heavy atom. The Hall–Kier alpha value is -1.55. The van der Waals surface area contributed by atoms with E-state index in [0.29, 0.717) is 6.54 Å². The molecule has 1 atom stereocenters. The lowest BCUT2D eigenvalue weighted by atomic mass is 10.0. The van der Waals surface area contributed by atoms with Crippen LogP contribution in [0, 0.1) is 6.92 Å². The molecule has 0 aromatic heterocycles. The fourth-order valence-corrected chi connectivity index (χ4v) is 2.42. The first-order valence-electron chi connectivity index (χ1n) is 7.14. The number of piperazine rings is 1. The van der Waals surface area contributed by atoms with Gasteiger partial charge in [0.1, 0.15) is 5.60 Å². The van der Waals surface area contributed by atoms with Gasteiger partial charge in [-0.2, -0.15) is 0 Å². The van der Waals surface area contributed by atoms with E-state index in [0.717, 1.165) is 18.7 Å². The first-order chi connectivity index (χ1) is 9.37. The quantitative estimate of drug-likeness (QED) is 0.857. The van der Waals surface area contributed by atoms with Crippen molar-refractivity contribution in [2.75, 3.05) is 19.6 Å². The Bertz CT molecular complexity index is 480. The number of rotatable bonds is 1. The van der Waals surface area contributed by atoms with Crippen LogP contribution in [-0.2, 0) is 4.74 Å². The maximum atomic E-state index is 12.4.